The van der Waals surface area contributed by atoms with E-state index in [2.05, 4.69) is 5.32 Å². The molecule has 0 saturated heterocycles. The normalized spacial score (nSPS) is 14.9. The van der Waals surface area contributed by atoms with Gasteiger partial charge in [-0.15, -0.1) is 0 Å². The maximum Gasteiger partial charge on any atom is 0.328 e. The average molecular weight is 243 g/mol. The Labute approximate surface area is 104 Å². The van der Waals surface area contributed by atoms with E-state index in [-0.39, 0.29) is 11.8 Å². The standard InChI is InChI=1S/C13H25NO3/c1-7-8-9(2)11(15)14-10(3)12(16)17-13(4,5)6/h9-10H,7-8H2,1-6H3,(H,14,15)/t9?,10-/m1/s1. The second-order valence-electron chi connectivity index (χ2n) is 5.45. The molecular weight excluding hydrogens is 218 g/mol. The van der Waals surface area contributed by atoms with Crippen LogP contribution in [0.15, 0.2) is 0 Å². The highest BCUT2D eigenvalue weighted by Gasteiger charge is 2.24. The SMILES string of the molecule is CCCC(C)C(=O)N[C@H](C)C(=O)OC(C)(C)C. The molecule has 0 aromatic carbocycles. The van der Waals surface area contributed by atoms with Crippen LogP contribution in [0.4, 0.5) is 0 Å². The summed E-state index contributed by atoms with van der Waals surface area (Å²) in [6.45, 7) is 10.9. The number of carbonyl (C=O) groups is 2. The third-order valence-corrected chi connectivity index (χ3v) is 2.29. The number of hydrogen-bond donors (Lipinski definition) is 1. The van der Waals surface area contributed by atoms with Crippen LogP contribution < -0.4 is 5.32 Å². The molecule has 4 nitrogen and oxygen atoms in total. The van der Waals surface area contributed by atoms with Crippen LogP contribution in [0.3, 0.4) is 0 Å². The van der Waals surface area contributed by atoms with E-state index in [4.69, 9.17) is 4.74 Å². The van der Waals surface area contributed by atoms with Crippen molar-refractivity contribution in [1.82, 2.24) is 5.32 Å². The molecule has 2 atom stereocenters. The summed E-state index contributed by atoms with van der Waals surface area (Å²) >= 11 is 0. The predicted octanol–water partition coefficient (Wildman–Crippen LogP) is 2.27. The highest BCUT2D eigenvalue weighted by Crippen LogP contribution is 2.09. The first-order chi connectivity index (χ1) is 7.67. The first-order valence-corrected chi connectivity index (χ1v) is 6.20. The van der Waals surface area contributed by atoms with E-state index in [1.54, 1.807) is 27.7 Å². The van der Waals surface area contributed by atoms with Gasteiger partial charge in [-0.2, -0.15) is 0 Å². The fourth-order valence-corrected chi connectivity index (χ4v) is 1.37. The van der Waals surface area contributed by atoms with E-state index < -0.39 is 17.6 Å². The van der Waals surface area contributed by atoms with Crippen LogP contribution in [0.2, 0.25) is 0 Å². The maximum atomic E-state index is 11.7. The monoisotopic (exact) mass is 243 g/mol. The summed E-state index contributed by atoms with van der Waals surface area (Å²) < 4.78 is 5.19. The molecule has 17 heavy (non-hydrogen) atoms. The Balaban J connectivity index is 4.21. The molecule has 0 bridgehead atoms. The largest absolute Gasteiger partial charge is 0.458 e. The molecule has 0 heterocycles. The van der Waals surface area contributed by atoms with Gasteiger partial charge >= 0.3 is 5.97 Å². The van der Waals surface area contributed by atoms with Gasteiger partial charge in [0.2, 0.25) is 5.91 Å². The lowest BCUT2D eigenvalue weighted by atomic mass is 10.1. The molecule has 1 unspecified atom stereocenters. The average Bonchev–Trinajstić information content (AvgIpc) is 2.15. The Morgan fingerprint density at radius 3 is 2.18 bits per heavy atom. The van der Waals surface area contributed by atoms with Crippen LogP contribution in [0.25, 0.3) is 0 Å². The van der Waals surface area contributed by atoms with Crippen LogP contribution >= 0.6 is 0 Å². The summed E-state index contributed by atoms with van der Waals surface area (Å²) in [6.07, 6.45) is 1.78. The summed E-state index contributed by atoms with van der Waals surface area (Å²) in [5.74, 6) is -0.551. The minimum absolute atomic E-state index is 0.0649. The van der Waals surface area contributed by atoms with Crippen molar-refractivity contribution in [2.45, 2.75) is 66.0 Å². The second-order valence-corrected chi connectivity index (χ2v) is 5.45. The first kappa shape index (κ1) is 15.9. The summed E-state index contributed by atoms with van der Waals surface area (Å²) in [5.41, 5.74) is -0.523. The van der Waals surface area contributed by atoms with Gasteiger partial charge in [0.25, 0.3) is 0 Å². The fraction of sp³-hybridized carbons (Fsp3) is 0.846. The number of ether oxygens (including phenoxy) is 1. The minimum Gasteiger partial charge on any atom is -0.458 e. The van der Waals surface area contributed by atoms with E-state index >= 15 is 0 Å². The molecule has 0 fully saturated rings. The van der Waals surface area contributed by atoms with Gasteiger partial charge in [0.1, 0.15) is 11.6 Å². The minimum atomic E-state index is -0.596. The Morgan fingerprint density at radius 2 is 1.76 bits per heavy atom. The van der Waals surface area contributed by atoms with E-state index in [0.29, 0.717) is 0 Å². The van der Waals surface area contributed by atoms with Crippen molar-refractivity contribution in [3.8, 4) is 0 Å². The van der Waals surface area contributed by atoms with Crippen molar-refractivity contribution in [1.29, 1.82) is 0 Å². The summed E-state index contributed by atoms with van der Waals surface area (Å²) in [6, 6.07) is -0.596. The Hall–Kier alpha value is -1.06. The highest BCUT2D eigenvalue weighted by molar-refractivity contribution is 5.85. The molecule has 0 aliphatic rings. The first-order valence-electron chi connectivity index (χ1n) is 6.20. The third-order valence-electron chi connectivity index (χ3n) is 2.29. The van der Waals surface area contributed by atoms with E-state index in [0.717, 1.165) is 12.8 Å². The highest BCUT2D eigenvalue weighted by atomic mass is 16.6. The lowest BCUT2D eigenvalue weighted by Gasteiger charge is -2.23. The molecular formula is C13H25NO3. The zero-order chi connectivity index (χ0) is 13.6. The Morgan fingerprint density at radius 1 is 1.24 bits per heavy atom. The van der Waals surface area contributed by atoms with E-state index in [9.17, 15) is 9.59 Å². The maximum absolute atomic E-state index is 11.7. The molecule has 1 amide bonds. The second kappa shape index (κ2) is 6.62. The number of rotatable bonds is 5. The van der Waals surface area contributed by atoms with Gasteiger partial charge in [-0.25, -0.2) is 4.79 Å². The number of hydrogen-bond acceptors (Lipinski definition) is 3. The van der Waals surface area contributed by atoms with Crippen molar-refractivity contribution >= 4 is 11.9 Å². The molecule has 1 N–H and O–H groups in total. The van der Waals surface area contributed by atoms with Crippen molar-refractivity contribution < 1.29 is 14.3 Å². The lowest BCUT2D eigenvalue weighted by Crippen LogP contribution is -2.44. The smallest absolute Gasteiger partial charge is 0.328 e. The van der Waals surface area contributed by atoms with Crippen molar-refractivity contribution in [2.75, 3.05) is 0 Å². The molecule has 0 aliphatic heterocycles. The topological polar surface area (TPSA) is 55.4 Å². The van der Waals surface area contributed by atoms with Gasteiger partial charge in [-0.3, -0.25) is 4.79 Å². The fourth-order valence-electron chi connectivity index (χ4n) is 1.37. The summed E-state index contributed by atoms with van der Waals surface area (Å²) in [4.78, 5) is 23.3. The number of amides is 1. The van der Waals surface area contributed by atoms with Crippen molar-refractivity contribution in [3.63, 3.8) is 0 Å². The number of esters is 1. The molecule has 100 valence electrons. The summed E-state index contributed by atoms with van der Waals surface area (Å²) in [5, 5.41) is 2.67. The van der Waals surface area contributed by atoms with Crippen LogP contribution in [0.5, 0.6) is 0 Å². The van der Waals surface area contributed by atoms with Crippen molar-refractivity contribution in [3.05, 3.63) is 0 Å². The molecule has 0 aliphatic carbocycles. The lowest BCUT2D eigenvalue weighted by molar-refractivity contribution is -0.158. The van der Waals surface area contributed by atoms with Crippen LogP contribution in [0, 0.1) is 5.92 Å². The molecule has 4 heteroatoms. The quantitative estimate of drug-likeness (QED) is 0.754. The van der Waals surface area contributed by atoms with Crippen molar-refractivity contribution in [2.24, 2.45) is 5.92 Å². The van der Waals surface area contributed by atoms with Gasteiger partial charge in [0.05, 0.1) is 0 Å². The van der Waals surface area contributed by atoms with Gasteiger partial charge in [0.15, 0.2) is 0 Å². The summed E-state index contributed by atoms with van der Waals surface area (Å²) in [7, 11) is 0. The number of carbonyl (C=O) groups excluding carboxylic acids is 2. The molecule has 0 aromatic rings. The Bertz CT molecular complexity index is 268. The molecule has 0 rings (SSSR count). The molecule has 0 saturated carbocycles. The van der Waals surface area contributed by atoms with Crippen LogP contribution in [-0.2, 0) is 14.3 Å². The van der Waals surface area contributed by atoms with E-state index in [1.807, 2.05) is 13.8 Å². The van der Waals surface area contributed by atoms with Gasteiger partial charge in [-0.1, -0.05) is 20.3 Å². The van der Waals surface area contributed by atoms with Gasteiger partial charge in [-0.05, 0) is 34.1 Å². The van der Waals surface area contributed by atoms with Crippen LogP contribution in [-0.4, -0.2) is 23.5 Å². The zero-order valence-corrected chi connectivity index (χ0v) is 11.8. The predicted molar refractivity (Wildman–Crippen MR) is 67.5 cm³/mol. The number of nitrogens with one attached hydrogen (secondary N) is 1. The molecule has 0 spiro atoms. The molecule has 0 radical (unpaired) electrons. The van der Waals surface area contributed by atoms with Gasteiger partial charge < -0.3 is 10.1 Å². The van der Waals surface area contributed by atoms with Gasteiger partial charge in [0, 0.05) is 5.92 Å². The van der Waals surface area contributed by atoms with E-state index in [1.165, 1.54) is 0 Å². The molecule has 0 aromatic heterocycles. The third kappa shape index (κ3) is 6.97. The Kier molecular flexibility index (Phi) is 6.21. The van der Waals surface area contributed by atoms with Crippen LogP contribution in [0.1, 0.15) is 54.4 Å². The zero-order valence-electron chi connectivity index (χ0n) is 11.8.